The fourth-order valence-corrected chi connectivity index (χ4v) is 0.778. The van der Waals surface area contributed by atoms with Crippen LogP contribution in [0.4, 0.5) is 0 Å². The van der Waals surface area contributed by atoms with Gasteiger partial charge in [0.05, 0.1) is 18.8 Å². The van der Waals surface area contributed by atoms with Crippen LogP contribution in [0.1, 0.15) is 0 Å². The summed E-state index contributed by atoms with van der Waals surface area (Å²) in [5, 5.41) is 11.6. The van der Waals surface area contributed by atoms with Crippen LogP contribution >= 0.6 is 0 Å². The lowest BCUT2D eigenvalue weighted by atomic mass is 10.4. The van der Waals surface area contributed by atoms with Crippen molar-refractivity contribution in [1.29, 1.82) is 0 Å². The average Bonchev–Trinajstić information content (AvgIpc) is 2.62. The molecule has 0 atom stereocenters. The molecule has 0 fully saturated rings. The monoisotopic (exact) mass is 198 g/mol. The normalized spacial score (nSPS) is 15.2. The second-order valence-electron chi connectivity index (χ2n) is 2.28. The molecule has 0 aliphatic carbocycles. The molecule has 7 nitrogen and oxygen atoms in total. The molecule has 0 amide bonds. The molecule has 1 aliphatic heterocycles. The van der Waals surface area contributed by atoms with E-state index in [4.69, 9.17) is 0 Å². The van der Waals surface area contributed by atoms with Gasteiger partial charge in [0, 0.05) is 18.5 Å². The predicted molar refractivity (Wildman–Crippen MR) is 42.4 cm³/mol. The van der Waals surface area contributed by atoms with Crippen LogP contribution in [0.15, 0.2) is 24.2 Å². The molecular formula is C7H8N3O4-. The van der Waals surface area contributed by atoms with Gasteiger partial charge in [-0.2, -0.15) is 0 Å². The number of carboxylic acid groups (broad SMARTS) is 1. The van der Waals surface area contributed by atoms with Gasteiger partial charge in [-0.1, -0.05) is 0 Å². The summed E-state index contributed by atoms with van der Waals surface area (Å²) in [6.45, 7) is 0. The molecule has 0 aromatic rings. The van der Waals surface area contributed by atoms with E-state index >= 15 is 0 Å². The van der Waals surface area contributed by atoms with Gasteiger partial charge in [0.25, 0.3) is 0 Å². The minimum absolute atomic E-state index is 0.134. The fourth-order valence-electron chi connectivity index (χ4n) is 0.778. The molecular weight excluding hydrogens is 190 g/mol. The third kappa shape index (κ3) is 2.23. The maximum atomic E-state index is 10.7. The predicted octanol–water partition coefficient (Wildman–Crippen LogP) is -2.41. The Morgan fingerprint density at radius 3 is 2.93 bits per heavy atom. The van der Waals surface area contributed by atoms with Gasteiger partial charge < -0.3 is 20.1 Å². The number of esters is 1. The van der Waals surface area contributed by atoms with Crippen LogP contribution in [0, 0.1) is 0 Å². The van der Waals surface area contributed by atoms with Crippen LogP contribution in [0.5, 0.6) is 0 Å². The topological polar surface area (TPSA) is 93.7 Å². The first kappa shape index (κ1) is 10.1. The summed E-state index contributed by atoms with van der Waals surface area (Å²) >= 11 is 0. The smallest absolute Gasteiger partial charge is 0.332 e. The number of carbonyl (C=O) groups excluding carboxylic acids is 2. The van der Waals surface area contributed by atoms with Crippen molar-refractivity contribution in [3.63, 3.8) is 0 Å². The lowest BCUT2D eigenvalue weighted by Gasteiger charge is -2.16. The average molecular weight is 198 g/mol. The zero-order valence-corrected chi connectivity index (χ0v) is 7.31. The highest BCUT2D eigenvalue weighted by Gasteiger charge is 2.12. The Kier molecular flexibility index (Phi) is 3.08. The number of carboxylic acids is 1. The molecule has 76 valence electrons. The quantitative estimate of drug-likeness (QED) is 0.385. The van der Waals surface area contributed by atoms with Crippen LogP contribution in [0.25, 0.3) is 0 Å². The van der Waals surface area contributed by atoms with Gasteiger partial charge in [-0.05, 0) is 0 Å². The van der Waals surface area contributed by atoms with Crippen molar-refractivity contribution in [1.82, 2.24) is 16.0 Å². The third-order valence-electron chi connectivity index (χ3n) is 1.42. The number of nitrogens with one attached hydrogen (secondary N) is 2. The zero-order valence-electron chi connectivity index (χ0n) is 7.31. The van der Waals surface area contributed by atoms with E-state index in [1.165, 1.54) is 19.5 Å². The van der Waals surface area contributed by atoms with E-state index in [1.807, 2.05) is 0 Å². The fraction of sp³-hybridized carbons (Fsp3) is 0.143. The number of aliphatic carboxylic acids is 1. The molecule has 0 radical (unpaired) electrons. The van der Waals surface area contributed by atoms with E-state index < -0.39 is 11.9 Å². The molecule has 14 heavy (non-hydrogen) atoms. The highest BCUT2D eigenvalue weighted by atomic mass is 16.5. The number of ether oxygens (including phenoxy) is 1. The van der Waals surface area contributed by atoms with Gasteiger partial charge in [-0.25, -0.2) is 4.79 Å². The van der Waals surface area contributed by atoms with Crippen LogP contribution in [0.3, 0.4) is 0 Å². The van der Waals surface area contributed by atoms with Crippen molar-refractivity contribution in [2.75, 3.05) is 7.11 Å². The summed E-state index contributed by atoms with van der Waals surface area (Å²) in [4.78, 5) is 21.2. The van der Waals surface area contributed by atoms with E-state index in [0.29, 0.717) is 0 Å². The number of hydrogen-bond donors (Lipinski definition) is 2. The van der Waals surface area contributed by atoms with Gasteiger partial charge in [-0.3, -0.25) is 5.01 Å². The molecule has 7 heteroatoms. The number of nitrogens with zero attached hydrogens (tertiary/aromatic N) is 1. The molecule has 2 N–H and O–H groups in total. The summed E-state index contributed by atoms with van der Waals surface area (Å²) in [6.07, 6.45) is 3.46. The standard InChI is InChI=1S/C7H9N3O4/c1-14-6(11)2-3-10-5(7(12)13)4-8-9-10/h2-4,8-9H,1H3,(H,12,13)/p-1. The minimum Gasteiger partial charge on any atom is -0.543 e. The summed E-state index contributed by atoms with van der Waals surface area (Å²) in [5.74, 6) is -1.95. The van der Waals surface area contributed by atoms with Crippen molar-refractivity contribution in [2.24, 2.45) is 0 Å². The van der Waals surface area contributed by atoms with Crippen molar-refractivity contribution < 1.29 is 19.4 Å². The molecule has 0 unspecified atom stereocenters. The Labute approximate surface area is 79.6 Å². The maximum Gasteiger partial charge on any atom is 0.332 e. The van der Waals surface area contributed by atoms with Crippen molar-refractivity contribution in [2.45, 2.75) is 0 Å². The van der Waals surface area contributed by atoms with Gasteiger partial charge in [0.1, 0.15) is 0 Å². The molecule has 1 rings (SSSR count). The second kappa shape index (κ2) is 4.28. The van der Waals surface area contributed by atoms with Crippen molar-refractivity contribution in [3.05, 3.63) is 24.2 Å². The highest BCUT2D eigenvalue weighted by Crippen LogP contribution is 2.03. The summed E-state index contributed by atoms with van der Waals surface area (Å²) in [7, 11) is 1.22. The number of carbonyl (C=O) groups is 2. The van der Waals surface area contributed by atoms with Crippen molar-refractivity contribution >= 4 is 11.9 Å². The Balaban J connectivity index is 2.62. The highest BCUT2D eigenvalue weighted by molar-refractivity contribution is 5.85. The second-order valence-corrected chi connectivity index (χ2v) is 2.28. The zero-order chi connectivity index (χ0) is 10.6. The summed E-state index contributed by atoms with van der Waals surface area (Å²) in [5.41, 5.74) is 4.74. The van der Waals surface area contributed by atoms with E-state index in [2.05, 4.69) is 15.7 Å². The molecule has 1 aliphatic rings. The van der Waals surface area contributed by atoms with Gasteiger partial charge in [-0.15, -0.1) is 5.53 Å². The SMILES string of the molecule is COC(=O)C=CN1NNC=C1C(=O)[O-]. The first-order chi connectivity index (χ1) is 6.65. The van der Waals surface area contributed by atoms with Crippen LogP contribution in [0.2, 0.25) is 0 Å². The van der Waals surface area contributed by atoms with Crippen LogP contribution < -0.4 is 16.1 Å². The van der Waals surface area contributed by atoms with Crippen LogP contribution in [-0.4, -0.2) is 24.1 Å². The molecule has 0 aromatic carbocycles. The molecule has 0 saturated heterocycles. The number of hydrogen-bond acceptors (Lipinski definition) is 7. The Morgan fingerprint density at radius 2 is 2.36 bits per heavy atom. The Morgan fingerprint density at radius 1 is 1.64 bits per heavy atom. The first-order valence-corrected chi connectivity index (χ1v) is 3.63. The van der Waals surface area contributed by atoms with E-state index in [9.17, 15) is 14.7 Å². The number of hydrazine groups is 2. The Hall–Kier alpha value is -2.02. The third-order valence-corrected chi connectivity index (χ3v) is 1.42. The van der Waals surface area contributed by atoms with Gasteiger partial charge >= 0.3 is 5.97 Å². The van der Waals surface area contributed by atoms with E-state index in [0.717, 1.165) is 11.1 Å². The molecule has 0 saturated carbocycles. The summed E-state index contributed by atoms with van der Waals surface area (Å²) < 4.78 is 4.32. The van der Waals surface area contributed by atoms with Crippen LogP contribution in [-0.2, 0) is 14.3 Å². The molecule has 0 aromatic heterocycles. The summed E-state index contributed by atoms with van der Waals surface area (Å²) in [6, 6.07) is 0. The maximum absolute atomic E-state index is 10.7. The number of methoxy groups -OCH3 is 1. The molecule has 0 spiro atoms. The lowest BCUT2D eigenvalue weighted by molar-refractivity contribution is -0.301. The van der Waals surface area contributed by atoms with E-state index in [-0.39, 0.29) is 5.70 Å². The van der Waals surface area contributed by atoms with Gasteiger partial charge in [0.15, 0.2) is 0 Å². The largest absolute Gasteiger partial charge is 0.543 e. The number of rotatable bonds is 3. The van der Waals surface area contributed by atoms with E-state index in [1.54, 1.807) is 0 Å². The Bertz CT molecular complexity index is 310. The van der Waals surface area contributed by atoms with Gasteiger partial charge in [0.2, 0.25) is 0 Å². The first-order valence-electron chi connectivity index (χ1n) is 3.63. The van der Waals surface area contributed by atoms with Crippen molar-refractivity contribution in [3.8, 4) is 0 Å². The lowest BCUT2D eigenvalue weighted by Crippen LogP contribution is -2.38. The minimum atomic E-state index is -1.36. The molecule has 1 heterocycles. The molecule has 0 bridgehead atoms.